The van der Waals surface area contributed by atoms with Crippen LogP contribution >= 0.6 is 11.3 Å². The highest BCUT2D eigenvalue weighted by Crippen LogP contribution is 2.27. The van der Waals surface area contributed by atoms with Gasteiger partial charge in [0.25, 0.3) is 5.91 Å². The lowest BCUT2D eigenvalue weighted by atomic mass is 9.95. The number of fused-ring (bicyclic) bond motifs is 1. The van der Waals surface area contributed by atoms with Gasteiger partial charge in [-0.3, -0.25) is 4.79 Å². The molecule has 4 heteroatoms. The number of hydrogen-bond acceptors (Lipinski definition) is 2. The molecular weight excluding hydrogens is 328 g/mol. The summed E-state index contributed by atoms with van der Waals surface area (Å²) in [5, 5.41) is 6.53. The molecule has 2 aromatic heterocycles. The Morgan fingerprint density at radius 2 is 2.00 bits per heavy atom. The maximum atomic E-state index is 12.9. The van der Waals surface area contributed by atoms with E-state index in [-0.39, 0.29) is 5.91 Å². The quantitative estimate of drug-likeness (QED) is 0.694. The van der Waals surface area contributed by atoms with E-state index in [0.29, 0.717) is 6.04 Å². The Morgan fingerprint density at radius 1 is 1.20 bits per heavy atom. The molecule has 1 saturated carbocycles. The van der Waals surface area contributed by atoms with Crippen molar-refractivity contribution in [3.05, 3.63) is 58.6 Å². The molecule has 0 atom stereocenters. The minimum atomic E-state index is 0.0730. The van der Waals surface area contributed by atoms with Crippen LogP contribution in [0.5, 0.6) is 0 Å². The molecule has 25 heavy (non-hydrogen) atoms. The number of carbonyl (C=O) groups excluding carboxylic acids is 1. The largest absolute Gasteiger partial charge is 0.348 e. The zero-order valence-corrected chi connectivity index (χ0v) is 15.4. The van der Waals surface area contributed by atoms with Crippen molar-refractivity contribution < 1.29 is 4.79 Å². The van der Waals surface area contributed by atoms with Crippen LogP contribution < -0.4 is 5.32 Å². The fraction of sp³-hybridized carbons (Fsp3) is 0.381. The average Bonchev–Trinajstić information content (AvgIpc) is 3.20. The molecule has 1 aliphatic carbocycles. The molecule has 0 saturated heterocycles. The predicted molar refractivity (Wildman–Crippen MR) is 104 cm³/mol. The standard InChI is InChI=1S/C21H24N2OS/c1-15-7-5-6-8-17(15)14-23-19(13-16-11-12-25-21(16)23)20(24)22-18-9-3-2-4-10-18/h5-8,11-13,18H,2-4,9-10,14H2,1H3,(H,22,24). The molecule has 0 spiro atoms. The normalized spacial score (nSPS) is 15.6. The maximum Gasteiger partial charge on any atom is 0.268 e. The highest BCUT2D eigenvalue weighted by Gasteiger charge is 2.21. The molecule has 0 radical (unpaired) electrons. The van der Waals surface area contributed by atoms with E-state index in [2.05, 4.69) is 52.5 Å². The van der Waals surface area contributed by atoms with Crippen molar-refractivity contribution in [2.24, 2.45) is 0 Å². The van der Waals surface area contributed by atoms with Gasteiger partial charge in [0.2, 0.25) is 0 Å². The first kappa shape index (κ1) is 16.4. The summed E-state index contributed by atoms with van der Waals surface area (Å²) in [5.74, 6) is 0.0730. The molecule has 1 fully saturated rings. The predicted octanol–water partition coefficient (Wildman–Crippen LogP) is 5.12. The van der Waals surface area contributed by atoms with E-state index < -0.39 is 0 Å². The summed E-state index contributed by atoms with van der Waals surface area (Å²) in [6.07, 6.45) is 5.97. The third kappa shape index (κ3) is 3.36. The number of nitrogens with zero attached hydrogens (tertiary/aromatic N) is 1. The molecule has 3 aromatic rings. The van der Waals surface area contributed by atoms with Crippen molar-refractivity contribution >= 4 is 27.5 Å². The lowest BCUT2D eigenvalue weighted by molar-refractivity contribution is 0.0919. The number of nitrogens with one attached hydrogen (secondary N) is 1. The number of carbonyl (C=O) groups is 1. The van der Waals surface area contributed by atoms with Gasteiger partial charge in [-0.2, -0.15) is 0 Å². The number of aryl methyl sites for hydroxylation is 1. The van der Waals surface area contributed by atoms with Crippen molar-refractivity contribution in [1.82, 2.24) is 9.88 Å². The van der Waals surface area contributed by atoms with Crippen LogP contribution in [0.4, 0.5) is 0 Å². The van der Waals surface area contributed by atoms with E-state index in [4.69, 9.17) is 0 Å². The first-order valence-corrected chi connectivity index (χ1v) is 10.0. The van der Waals surface area contributed by atoms with Gasteiger partial charge in [-0.1, -0.05) is 43.5 Å². The molecule has 1 amide bonds. The molecule has 3 nitrogen and oxygen atoms in total. The first-order valence-electron chi connectivity index (χ1n) is 9.14. The molecule has 2 heterocycles. The minimum absolute atomic E-state index is 0.0730. The van der Waals surface area contributed by atoms with E-state index in [1.165, 1.54) is 35.2 Å². The summed E-state index contributed by atoms with van der Waals surface area (Å²) in [6, 6.07) is 12.9. The lowest BCUT2D eigenvalue weighted by Crippen LogP contribution is -2.37. The molecular formula is C21H24N2OS. The van der Waals surface area contributed by atoms with Crippen LogP contribution in [-0.2, 0) is 6.54 Å². The molecule has 1 N–H and O–H groups in total. The average molecular weight is 353 g/mol. The SMILES string of the molecule is Cc1ccccc1Cn1c(C(=O)NC2CCCCC2)cc2ccsc21. The third-order valence-electron chi connectivity index (χ3n) is 5.27. The number of rotatable bonds is 4. The Labute approximate surface area is 152 Å². The molecule has 1 aromatic carbocycles. The Morgan fingerprint density at radius 3 is 2.80 bits per heavy atom. The zero-order chi connectivity index (χ0) is 17.2. The van der Waals surface area contributed by atoms with Gasteiger partial charge in [0.15, 0.2) is 0 Å². The number of benzene rings is 1. The first-order chi connectivity index (χ1) is 12.2. The van der Waals surface area contributed by atoms with Gasteiger partial charge < -0.3 is 9.88 Å². The van der Waals surface area contributed by atoms with Crippen LogP contribution in [0.2, 0.25) is 0 Å². The van der Waals surface area contributed by atoms with Crippen LogP contribution in [0.15, 0.2) is 41.8 Å². The summed E-state index contributed by atoms with van der Waals surface area (Å²) in [5.41, 5.74) is 3.32. The minimum Gasteiger partial charge on any atom is -0.348 e. The molecule has 0 unspecified atom stereocenters. The maximum absolute atomic E-state index is 12.9. The Hall–Kier alpha value is -2.07. The second-order valence-corrected chi connectivity index (χ2v) is 7.93. The van der Waals surface area contributed by atoms with Crippen LogP contribution in [0.3, 0.4) is 0 Å². The van der Waals surface area contributed by atoms with E-state index in [0.717, 1.165) is 30.5 Å². The van der Waals surface area contributed by atoms with Crippen LogP contribution in [0.1, 0.15) is 53.7 Å². The van der Waals surface area contributed by atoms with Gasteiger partial charge in [0.1, 0.15) is 10.5 Å². The second kappa shape index (κ2) is 7.04. The number of hydrogen-bond donors (Lipinski definition) is 1. The molecule has 4 rings (SSSR count). The van der Waals surface area contributed by atoms with Gasteiger partial charge in [0, 0.05) is 18.0 Å². The van der Waals surface area contributed by atoms with Crippen LogP contribution in [-0.4, -0.2) is 16.5 Å². The highest BCUT2D eigenvalue weighted by atomic mass is 32.1. The van der Waals surface area contributed by atoms with E-state index >= 15 is 0 Å². The summed E-state index contributed by atoms with van der Waals surface area (Å²) < 4.78 is 2.18. The number of amides is 1. The Kier molecular flexibility index (Phi) is 4.62. The van der Waals surface area contributed by atoms with E-state index in [1.807, 2.05) is 6.07 Å². The van der Waals surface area contributed by atoms with Gasteiger partial charge in [-0.05, 0) is 48.4 Å². The molecule has 130 valence electrons. The number of thiophene rings is 1. The summed E-state index contributed by atoms with van der Waals surface area (Å²) in [7, 11) is 0. The summed E-state index contributed by atoms with van der Waals surface area (Å²) in [6.45, 7) is 2.87. The van der Waals surface area contributed by atoms with Gasteiger partial charge in [-0.25, -0.2) is 0 Å². The van der Waals surface area contributed by atoms with Crippen LogP contribution in [0.25, 0.3) is 10.2 Å². The molecule has 1 aliphatic rings. The van der Waals surface area contributed by atoms with Gasteiger partial charge >= 0.3 is 0 Å². The third-order valence-corrected chi connectivity index (χ3v) is 6.22. The van der Waals surface area contributed by atoms with E-state index in [1.54, 1.807) is 11.3 Å². The fourth-order valence-electron chi connectivity index (χ4n) is 3.78. The second-order valence-electron chi connectivity index (χ2n) is 7.03. The van der Waals surface area contributed by atoms with Crippen LogP contribution in [0, 0.1) is 6.92 Å². The van der Waals surface area contributed by atoms with Crippen molar-refractivity contribution in [2.75, 3.05) is 0 Å². The Bertz CT molecular complexity index is 886. The smallest absolute Gasteiger partial charge is 0.268 e. The topological polar surface area (TPSA) is 34.0 Å². The fourth-order valence-corrected chi connectivity index (χ4v) is 4.68. The van der Waals surface area contributed by atoms with Gasteiger partial charge in [-0.15, -0.1) is 11.3 Å². The monoisotopic (exact) mass is 352 g/mol. The molecule has 0 bridgehead atoms. The molecule has 0 aliphatic heterocycles. The van der Waals surface area contributed by atoms with Crippen molar-refractivity contribution in [1.29, 1.82) is 0 Å². The Balaban J connectivity index is 1.65. The lowest BCUT2D eigenvalue weighted by Gasteiger charge is -2.23. The van der Waals surface area contributed by atoms with Gasteiger partial charge in [0.05, 0.1) is 0 Å². The number of aromatic nitrogens is 1. The van der Waals surface area contributed by atoms with Crippen molar-refractivity contribution in [3.63, 3.8) is 0 Å². The summed E-state index contributed by atoms with van der Waals surface area (Å²) >= 11 is 1.71. The van der Waals surface area contributed by atoms with E-state index in [9.17, 15) is 4.79 Å². The highest BCUT2D eigenvalue weighted by molar-refractivity contribution is 7.16. The van der Waals surface area contributed by atoms with Crippen molar-refractivity contribution in [2.45, 2.75) is 51.6 Å². The summed E-state index contributed by atoms with van der Waals surface area (Å²) in [4.78, 5) is 14.1. The zero-order valence-electron chi connectivity index (χ0n) is 14.6. The van der Waals surface area contributed by atoms with Crippen molar-refractivity contribution in [3.8, 4) is 0 Å².